The van der Waals surface area contributed by atoms with Crippen LogP contribution in [-0.2, 0) is 10.8 Å². The molecule has 2 N–H and O–H groups in total. The molecule has 1 saturated carbocycles. The lowest BCUT2D eigenvalue weighted by Crippen LogP contribution is -2.41. The summed E-state index contributed by atoms with van der Waals surface area (Å²) in [4.78, 5) is 0. The molecule has 3 unspecified atom stereocenters. The largest absolute Gasteiger partial charge is 0.325 e. The van der Waals surface area contributed by atoms with Gasteiger partial charge >= 0.3 is 0 Å². The van der Waals surface area contributed by atoms with Crippen molar-refractivity contribution in [2.24, 2.45) is 11.7 Å². The predicted octanol–water partition coefficient (Wildman–Crippen LogP) is 2.05. The first-order valence-corrected chi connectivity index (χ1v) is 6.93. The minimum absolute atomic E-state index is 0.286. The summed E-state index contributed by atoms with van der Waals surface area (Å²) in [6.45, 7) is 6.17. The lowest BCUT2D eigenvalue weighted by atomic mass is 9.91. The Labute approximate surface area is 90.1 Å². The molecular formula is C11H23NOS. The first-order chi connectivity index (χ1) is 6.38. The Morgan fingerprint density at radius 1 is 1.43 bits per heavy atom. The van der Waals surface area contributed by atoms with Crippen LogP contribution in [0.1, 0.15) is 46.5 Å². The third-order valence-corrected chi connectivity index (χ3v) is 4.97. The topological polar surface area (TPSA) is 43.1 Å². The Morgan fingerprint density at radius 3 is 2.57 bits per heavy atom. The molecule has 0 aromatic heterocycles. The van der Waals surface area contributed by atoms with Crippen LogP contribution in [0, 0.1) is 5.92 Å². The maximum Gasteiger partial charge on any atom is 0.0412 e. The van der Waals surface area contributed by atoms with E-state index in [2.05, 4.69) is 6.92 Å². The molecule has 1 aliphatic carbocycles. The SMILES string of the molecule is CC1CCCC(S(=O)CC(C)(C)N)C1. The monoisotopic (exact) mass is 217 g/mol. The van der Waals surface area contributed by atoms with Crippen LogP contribution in [0.25, 0.3) is 0 Å². The van der Waals surface area contributed by atoms with Crippen LogP contribution >= 0.6 is 0 Å². The van der Waals surface area contributed by atoms with Crippen LogP contribution in [0.2, 0.25) is 0 Å². The highest BCUT2D eigenvalue weighted by atomic mass is 32.2. The van der Waals surface area contributed by atoms with Gasteiger partial charge in [0.15, 0.2) is 0 Å². The molecule has 0 spiro atoms. The number of hydrogen-bond donors (Lipinski definition) is 1. The first-order valence-electron chi connectivity index (χ1n) is 5.54. The molecule has 0 amide bonds. The van der Waals surface area contributed by atoms with Gasteiger partial charge < -0.3 is 5.73 Å². The molecule has 1 rings (SSSR count). The maximum atomic E-state index is 12.0. The molecule has 0 aromatic carbocycles. The highest BCUT2D eigenvalue weighted by Gasteiger charge is 2.26. The molecule has 0 aliphatic heterocycles. The van der Waals surface area contributed by atoms with Crippen molar-refractivity contribution in [3.05, 3.63) is 0 Å². The van der Waals surface area contributed by atoms with E-state index in [1.807, 2.05) is 13.8 Å². The van der Waals surface area contributed by atoms with Gasteiger partial charge in [-0.25, -0.2) is 0 Å². The van der Waals surface area contributed by atoms with Crippen molar-refractivity contribution in [3.8, 4) is 0 Å². The molecule has 84 valence electrons. The van der Waals surface area contributed by atoms with E-state index in [-0.39, 0.29) is 5.54 Å². The highest BCUT2D eigenvalue weighted by Crippen LogP contribution is 2.27. The fourth-order valence-corrected chi connectivity index (χ4v) is 4.04. The molecule has 3 heteroatoms. The Morgan fingerprint density at radius 2 is 2.07 bits per heavy atom. The molecule has 0 bridgehead atoms. The average molecular weight is 217 g/mol. The zero-order chi connectivity index (χ0) is 10.8. The molecule has 0 radical (unpaired) electrons. The van der Waals surface area contributed by atoms with Gasteiger partial charge in [-0.15, -0.1) is 0 Å². The summed E-state index contributed by atoms with van der Waals surface area (Å²) in [6.07, 6.45) is 4.80. The van der Waals surface area contributed by atoms with E-state index in [1.54, 1.807) is 0 Å². The minimum atomic E-state index is -0.722. The van der Waals surface area contributed by atoms with Gasteiger partial charge in [-0.1, -0.05) is 19.8 Å². The number of hydrogen-bond acceptors (Lipinski definition) is 2. The second-order valence-electron chi connectivity index (χ2n) is 5.41. The van der Waals surface area contributed by atoms with Gasteiger partial charge in [-0.2, -0.15) is 0 Å². The molecule has 14 heavy (non-hydrogen) atoms. The summed E-state index contributed by atoms with van der Waals surface area (Å²) < 4.78 is 12.0. The van der Waals surface area contributed by atoms with Gasteiger partial charge in [0, 0.05) is 27.3 Å². The lowest BCUT2D eigenvalue weighted by molar-refractivity contribution is 0.388. The van der Waals surface area contributed by atoms with Crippen molar-refractivity contribution in [3.63, 3.8) is 0 Å². The van der Waals surface area contributed by atoms with Gasteiger partial charge in [-0.05, 0) is 32.6 Å². The Balaban J connectivity index is 2.44. The zero-order valence-corrected chi connectivity index (χ0v) is 10.4. The molecule has 1 aliphatic rings. The van der Waals surface area contributed by atoms with Gasteiger partial charge in [0.2, 0.25) is 0 Å². The van der Waals surface area contributed by atoms with Crippen molar-refractivity contribution in [1.29, 1.82) is 0 Å². The third kappa shape index (κ3) is 4.09. The minimum Gasteiger partial charge on any atom is -0.325 e. The van der Waals surface area contributed by atoms with E-state index in [9.17, 15) is 4.21 Å². The van der Waals surface area contributed by atoms with Crippen molar-refractivity contribution in [2.75, 3.05) is 5.75 Å². The van der Waals surface area contributed by atoms with Gasteiger partial charge in [0.1, 0.15) is 0 Å². The summed E-state index contributed by atoms with van der Waals surface area (Å²) in [6, 6.07) is 0. The van der Waals surface area contributed by atoms with E-state index in [4.69, 9.17) is 5.73 Å². The molecule has 2 nitrogen and oxygen atoms in total. The highest BCUT2D eigenvalue weighted by molar-refractivity contribution is 7.85. The Kier molecular flexibility index (Phi) is 4.14. The quantitative estimate of drug-likeness (QED) is 0.786. The summed E-state index contributed by atoms with van der Waals surface area (Å²) >= 11 is 0. The smallest absolute Gasteiger partial charge is 0.0412 e. The molecule has 0 saturated heterocycles. The zero-order valence-electron chi connectivity index (χ0n) is 9.58. The fraction of sp³-hybridized carbons (Fsp3) is 1.00. The Hall–Kier alpha value is 0.110. The maximum absolute atomic E-state index is 12.0. The van der Waals surface area contributed by atoms with Crippen molar-refractivity contribution < 1.29 is 4.21 Å². The first kappa shape index (κ1) is 12.2. The molecule has 1 fully saturated rings. The van der Waals surface area contributed by atoms with Gasteiger partial charge in [-0.3, -0.25) is 4.21 Å². The molecular weight excluding hydrogens is 194 g/mol. The normalized spacial score (nSPS) is 31.4. The fourth-order valence-electron chi connectivity index (χ4n) is 2.10. The van der Waals surface area contributed by atoms with Crippen molar-refractivity contribution >= 4 is 10.8 Å². The Bertz CT molecular complexity index is 210. The number of rotatable bonds is 3. The summed E-state index contributed by atoms with van der Waals surface area (Å²) in [5.41, 5.74) is 5.60. The summed E-state index contributed by atoms with van der Waals surface area (Å²) in [7, 11) is -0.722. The summed E-state index contributed by atoms with van der Waals surface area (Å²) in [5, 5.41) is 0.404. The van der Waals surface area contributed by atoms with E-state index in [1.165, 1.54) is 12.8 Å². The van der Waals surface area contributed by atoms with Gasteiger partial charge in [0.05, 0.1) is 0 Å². The van der Waals surface area contributed by atoms with Crippen LogP contribution < -0.4 is 5.73 Å². The second kappa shape index (κ2) is 4.75. The van der Waals surface area contributed by atoms with E-state index in [0.29, 0.717) is 11.0 Å². The number of nitrogens with two attached hydrogens (primary N) is 1. The standard InChI is InChI=1S/C11H23NOS/c1-9-5-4-6-10(7-9)14(13)8-11(2,3)12/h9-10H,4-8,12H2,1-3H3. The average Bonchev–Trinajstić information content (AvgIpc) is 2.01. The van der Waals surface area contributed by atoms with Crippen LogP contribution in [0.5, 0.6) is 0 Å². The predicted molar refractivity (Wildman–Crippen MR) is 62.7 cm³/mol. The van der Waals surface area contributed by atoms with Crippen molar-refractivity contribution in [2.45, 2.75) is 57.2 Å². The molecule has 0 aromatic rings. The van der Waals surface area contributed by atoms with Crippen LogP contribution in [-0.4, -0.2) is 20.8 Å². The molecule has 3 atom stereocenters. The van der Waals surface area contributed by atoms with Crippen molar-refractivity contribution in [1.82, 2.24) is 0 Å². The second-order valence-corrected chi connectivity index (χ2v) is 7.12. The summed E-state index contributed by atoms with van der Waals surface area (Å²) in [5.74, 6) is 1.39. The third-order valence-electron chi connectivity index (χ3n) is 2.77. The van der Waals surface area contributed by atoms with Crippen LogP contribution in [0.15, 0.2) is 0 Å². The molecule has 0 heterocycles. The van der Waals surface area contributed by atoms with E-state index >= 15 is 0 Å². The van der Waals surface area contributed by atoms with Gasteiger partial charge in [0.25, 0.3) is 0 Å². The van der Waals surface area contributed by atoms with E-state index < -0.39 is 10.8 Å². The van der Waals surface area contributed by atoms with Crippen LogP contribution in [0.4, 0.5) is 0 Å². The van der Waals surface area contributed by atoms with Crippen LogP contribution in [0.3, 0.4) is 0 Å². The van der Waals surface area contributed by atoms with E-state index in [0.717, 1.165) is 18.8 Å². The lowest BCUT2D eigenvalue weighted by Gasteiger charge is -2.28.